The van der Waals surface area contributed by atoms with Gasteiger partial charge in [-0.25, -0.2) is 0 Å². The van der Waals surface area contributed by atoms with Crippen LogP contribution in [-0.4, -0.2) is 43.8 Å². The largest absolute Gasteiger partial charge is 0.465 e. The molecule has 2 aliphatic heterocycles. The summed E-state index contributed by atoms with van der Waals surface area (Å²) in [5.41, 5.74) is 0. The molecule has 118 valence electrons. The normalized spacial score (nSPS) is 35.3. The van der Waals surface area contributed by atoms with Crippen LogP contribution in [-0.2, 0) is 23.8 Å². The van der Waals surface area contributed by atoms with Gasteiger partial charge in [-0.2, -0.15) is 0 Å². The first-order valence-corrected chi connectivity index (χ1v) is 8.06. The summed E-state index contributed by atoms with van der Waals surface area (Å²) >= 11 is 0. The Labute approximate surface area is 125 Å². The van der Waals surface area contributed by atoms with Crippen molar-refractivity contribution in [2.24, 2.45) is 17.8 Å². The number of Topliss-reactive ketones (excluding diaryl/α,β-unsaturated/α-hetero) is 1. The van der Waals surface area contributed by atoms with Gasteiger partial charge in [0, 0.05) is 6.42 Å². The fourth-order valence-electron chi connectivity index (χ4n) is 2.87. The molecule has 4 unspecified atom stereocenters. The molecular formula is C16H24O5. The van der Waals surface area contributed by atoms with Crippen molar-refractivity contribution in [3.05, 3.63) is 0 Å². The molecule has 3 fully saturated rings. The van der Waals surface area contributed by atoms with Crippen molar-refractivity contribution in [3.8, 4) is 0 Å². The predicted octanol–water partition coefficient (Wildman–Crippen LogP) is 1.73. The summed E-state index contributed by atoms with van der Waals surface area (Å²) < 4.78 is 16.1. The molecule has 3 rings (SSSR count). The third kappa shape index (κ3) is 4.27. The summed E-state index contributed by atoms with van der Waals surface area (Å²) in [6.07, 6.45) is 4.38. The van der Waals surface area contributed by atoms with Crippen LogP contribution in [0.5, 0.6) is 0 Å². The van der Waals surface area contributed by atoms with Crippen molar-refractivity contribution in [3.63, 3.8) is 0 Å². The molecule has 0 N–H and O–H groups in total. The lowest BCUT2D eigenvalue weighted by Gasteiger charge is -2.32. The van der Waals surface area contributed by atoms with E-state index in [2.05, 4.69) is 0 Å². The molecule has 21 heavy (non-hydrogen) atoms. The van der Waals surface area contributed by atoms with E-state index in [1.165, 1.54) is 0 Å². The van der Waals surface area contributed by atoms with E-state index in [1.54, 1.807) is 0 Å². The Hall–Kier alpha value is -0.940. The van der Waals surface area contributed by atoms with E-state index in [9.17, 15) is 9.59 Å². The van der Waals surface area contributed by atoms with Crippen molar-refractivity contribution in [2.75, 3.05) is 19.8 Å². The fourth-order valence-corrected chi connectivity index (χ4v) is 2.87. The standard InChI is InChI=1S/C16H24O5/c1-10-6-13(16(18)21-7-11-2-3-11)14(9-19-10)15(17)5-4-12-8-20-12/h10-14H,2-9H2,1H3. The average molecular weight is 296 g/mol. The van der Waals surface area contributed by atoms with Gasteiger partial charge in [-0.1, -0.05) is 0 Å². The van der Waals surface area contributed by atoms with Crippen molar-refractivity contribution < 1.29 is 23.8 Å². The van der Waals surface area contributed by atoms with Crippen LogP contribution < -0.4 is 0 Å². The van der Waals surface area contributed by atoms with Gasteiger partial charge in [-0.15, -0.1) is 0 Å². The molecule has 5 nitrogen and oxygen atoms in total. The highest BCUT2D eigenvalue weighted by atomic mass is 16.6. The number of ether oxygens (including phenoxy) is 3. The Balaban J connectivity index is 1.54. The van der Waals surface area contributed by atoms with Crippen LogP contribution in [0.1, 0.15) is 39.0 Å². The molecule has 0 amide bonds. The van der Waals surface area contributed by atoms with Gasteiger partial charge < -0.3 is 14.2 Å². The summed E-state index contributed by atoms with van der Waals surface area (Å²) in [5, 5.41) is 0. The van der Waals surface area contributed by atoms with Gasteiger partial charge in [0.15, 0.2) is 0 Å². The van der Waals surface area contributed by atoms with E-state index < -0.39 is 0 Å². The second kappa shape index (κ2) is 6.44. The van der Waals surface area contributed by atoms with Crippen LogP contribution in [0.3, 0.4) is 0 Å². The minimum atomic E-state index is -0.341. The first-order chi connectivity index (χ1) is 10.1. The molecule has 0 spiro atoms. The highest BCUT2D eigenvalue weighted by Gasteiger charge is 2.40. The van der Waals surface area contributed by atoms with E-state index in [0.717, 1.165) is 25.9 Å². The third-order valence-electron chi connectivity index (χ3n) is 4.62. The Kier molecular flexibility index (Phi) is 4.60. The van der Waals surface area contributed by atoms with Crippen molar-refractivity contribution in [1.29, 1.82) is 0 Å². The lowest BCUT2D eigenvalue weighted by Crippen LogP contribution is -2.41. The van der Waals surface area contributed by atoms with E-state index >= 15 is 0 Å². The number of epoxide rings is 1. The van der Waals surface area contributed by atoms with Gasteiger partial charge >= 0.3 is 5.97 Å². The summed E-state index contributed by atoms with van der Waals surface area (Å²) in [6, 6.07) is 0. The van der Waals surface area contributed by atoms with Crippen LogP contribution in [0.25, 0.3) is 0 Å². The van der Waals surface area contributed by atoms with Crippen LogP contribution in [0.2, 0.25) is 0 Å². The summed E-state index contributed by atoms with van der Waals surface area (Å²) in [6.45, 7) is 3.56. The molecular weight excluding hydrogens is 272 g/mol. The van der Waals surface area contributed by atoms with E-state index in [-0.39, 0.29) is 35.8 Å². The van der Waals surface area contributed by atoms with Gasteiger partial charge in [0.25, 0.3) is 0 Å². The van der Waals surface area contributed by atoms with E-state index in [4.69, 9.17) is 14.2 Å². The monoisotopic (exact) mass is 296 g/mol. The second-order valence-corrected chi connectivity index (χ2v) is 6.63. The minimum Gasteiger partial charge on any atom is -0.465 e. The molecule has 0 bridgehead atoms. The van der Waals surface area contributed by atoms with E-state index in [1.807, 2.05) is 6.92 Å². The van der Waals surface area contributed by atoms with Crippen LogP contribution in [0, 0.1) is 17.8 Å². The Morgan fingerprint density at radius 2 is 1.90 bits per heavy atom. The van der Waals surface area contributed by atoms with Gasteiger partial charge in [-0.05, 0) is 38.5 Å². The highest BCUT2D eigenvalue weighted by molar-refractivity contribution is 5.87. The predicted molar refractivity (Wildman–Crippen MR) is 74.7 cm³/mol. The quantitative estimate of drug-likeness (QED) is 0.529. The van der Waals surface area contributed by atoms with Gasteiger partial charge in [0.2, 0.25) is 0 Å². The Morgan fingerprint density at radius 1 is 1.14 bits per heavy atom. The first kappa shape index (κ1) is 15.0. The second-order valence-electron chi connectivity index (χ2n) is 6.63. The Bertz CT molecular complexity index is 399. The molecule has 5 heteroatoms. The van der Waals surface area contributed by atoms with Crippen molar-refractivity contribution in [1.82, 2.24) is 0 Å². The third-order valence-corrected chi connectivity index (χ3v) is 4.62. The van der Waals surface area contributed by atoms with Crippen LogP contribution in [0.15, 0.2) is 0 Å². The molecule has 3 aliphatic rings. The van der Waals surface area contributed by atoms with Crippen molar-refractivity contribution in [2.45, 2.75) is 51.2 Å². The van der Waals surface area contributed by atoms with Gasteiger partial charge in [-0.3, -0.25) is 9.59 Å². The molecule has 2 heterocycles. The molecule has 0 aromatic carbocycles. The topological polar surface area (TPSA) is 65.1 Å². The zero-order chi connectivity index (χ0) is 14.8. The molecule has 2 saturated heterocycles. The van der Waals surface area contributed by atoms with E-state index in [0.29, 0.717) is 32.0 Å². The molecule has 1 saturated carbocycles. The average Bonchev–Trinajstić information content (AvgIpc) is 3.36. The SMILES string of the molecule is CC1CC(C(=O)OCC2CC2)C(C(=O)CCC2CO2)CO1. The zero-order valence-electron chi connectivity index (χ0n) is 12.6. The number of hydrogen-bond acceptors (Lipinski definition) is 5. The zero-order valence-corrected chi connectivity index (χ0v) is 12.6. The summed E-state index contributed by atoms with van der Waals surface area (Å²) in [7, 11) is 0. The maximum Gasteiger partial charge on any atom is 0.309 e. The maximum absolute atomic E-state index is 12.4. The molecule has 4 atom stereocenters. The smallest absolute Gasteiger partial charge is 0.309 e. The summed E-state index contributed by atoms with van der Waals surface area (Å²) in [4.78, 5) is 24.6. The molecule has 0 aromatic rings. The number of ketones is 1. The minimum absolute atomic E-state index is 0.0132. The molecule has 1 aliphatic carbocycles. The lowest BCUT2D eigenvalue weighted by atomic mass is 9.81. The van der Waals surface area contributed by atoms with Gasteiger partial charge in [0.05, 0.1) is 43.9 Å². The highest BCUT2D eigenvalue weighted by Crippen LogP contribution is 2.32. The first-order valence-electron chi connectivity index (χ1n) is 8.06. The number of hydrogen-bond donors (Lipinski definition) is 0. The molecule has 0 aromatic heterocycles. The number of carbonyl (C=O) groups excluding carboxylic acids is 2. The van der Waals surface area contributed by atoms with Crippen molar-refractivity contribution >= 4 is 11.8 Å². The maximum atomic E-state index is 12.4. The van der Waals surface area contributed by atoms with Crippen LogP contribution >= 0.6 is 0 Å². The number of rotatable bonds is 7. The van der Waals surface area contributed by atoms with Crippen LogP contribution in [0.4, 0.5) is 0 Å². The Morgan fingerprint density at radius 3 is 2.57 bits per heavy atom. The fraction of sp³-hybridized carbons (Fsp3) is 0.875. The number of esters is 1. The summed E-state index contributed by atoms with van der Waals surface area (Å²) in [5.74, 6) is -0.219. The molecule has 0 radical (unpaired) electrons. The van der Waals surface area contributed by atoms with Gasteiger partial charge in [0.1, 0.15) is 5.78 Å². The lowest BCUT2D eigenvalue weighted by molar-refractivity contribution is -0.162. The number of carbonyl (C=O) groups is 2.